The van der Waals surface area contributed by atoms with Crippen LogP contribution in [0.3, 0.4) is 0 Å². The van der Waals surface area contributed by atoms with Crippen molar-refractivity contribution in [3.05, 3.63) is 71.4 Å². The number of unbranched alkanes of at least 4 members (excludes halogenated alkanes) is 1. The largest absolute Gasteiger partial charge is 0.493 e. The first kappa shape index (κ1) is 25.5. The van der Waals surface area contributed by atoms with Gasteiger partial charge in [-0.25, -0.2) is 4.39 Å². The van der Waals surface area contributed by atoms with Gasteiger partial charge >= 0.3 is 0 Å². The van der Waals surface area contributed by atoms with Crippen molar-refractivity contribution in [2.24, 2.45) is 4.40 Å². The number of nitrogens with zero attached hydrogens (tertiary/aromatic N) is 2. The Morgan fingerprint density at radius 1 is 1.18 bits per heavy atom. The summed E-state index contributed by atoms with van der Waals surface area (Å²) in [5, 5.41) is -0.00611. The minimum absolute atomic E-state index is 0.00611. The molecule has 7 nitrogen and oxygen atoms in total. The summed E-state index contributed by atoms with van der Waals surface area (Å²) in [6.07, 6.45) is 5.00. The maximum Gasteiger partial charge on any atom is 0.284 e. The Kier molecular flexibility index (Phi) is 8.51. The van der Waals surface area contributed by atoms with E-state index in [1.807, 2.05) is 0 Å². The molecule has 0 aromatic heterocycles. The Labute approximate surface area is 203 Å². The number of amides is 1. The van der Waals surface area contributed by atoms with Gasteiger partial charge in [0.1, 0.15) is 5.82 Å². The summed E-state index contributed by atoms with van der Waals surface area (Å²) in [6.45, 7) is 6.31. The second kappa shape index (κ2) is 11.3. The zero-order valence-corrected chi connectivity index (χ0v) is 20.5. The highest BCUT2D eigenvalue weighted by atomic mass is 32.2. The van der Waals surface area contributed by atoms with Gasteiger partial charge in [-0.3, -0.25) is 9.69 Å². The number of sulfonamides is 1. The lowest BCUT2D eigenvalue weighted by Gasteiger charge is -2.12. The molecule has 1 saturated heterocycles. The number of methoxy groups -OCH3 is 1. The number of hydrogen-bond donors (Lipinski definition) is 0. The molecule has 1 aliphatic heterocycles. The summed E-state index contributed by atoms with van der Waals surface area (Å²) >= 11 is 0.938. The summed E-state index contributed by atoms with van der Waals surface area (Å²) < 4.78 is 53.6. The first-order valence-electron chi connectivity index (χ1n) is 10.5. The Hall–Kier alpha value is -3.11. The number of carbonyl (C=O) groups is 1. The highest BCUT2D eigenvalue weighted by molar-refractivity contribution is 8.19. The fourth-order valence-electron chi connectivity index (χ4n) is 3.00. The minimum Gasteiger partial charge on any atom is -0.493 e. The van der Waals surface area contributed by atoms with E-state index in [2.05, 4.69) is 17.9 Å². The van der Waals surface area contributed by atoms with E-state index in [9.17, 15) is 17.6 Å². The zero-order valence-electron chi connectivity index (χ0n) is 18.9. The number of carbonyl (C=O) groups excluding carboxylic acids is 1. The van der Waals surface area contributed by atoms with Crippen molar-refractivity contribution in [1.29, 1.82) is 0 Å². The predicted octanol–water partition coefficient (Wildman–Crippen LogP) is 4.86. The third-order valence-corrected chi connectivity index (χ3v) is 7.15. The van der Waals surface area contributed by atoms with Gasteiger partial charge in [-0.15, -0.1) is 11.0 Å². The second-order valence-corrected chi connectivity index (χ2v) is 9.84. The van der Waals surface area contributed by atoms with Gasteiger partial charge in [-0.2, -0.15) is 8.42 Å². The topological polar surface area (TPSA) is 85.3 Å². The van der Waals surface area contributed by atoms with Crippen LogP contribution in [0.4, 0.5) is 4.39 Å². The molecule has 3 rings (SSSR count). The minimum atomic E-state index is -4.15. The highest BCUT2D eigenvalue weighted by Gasteiger charge is 2.34. The Balaban J connectivity index is 1.94. The highest BCUT2D eigenvalue weighted by Crippen LogP contribution is 2.35. The molecule has 0 atom stereocenters. The number of amidine groups is 1. The molecule has 34 heavy (non-hydrogen) atoms. The zero-order chi connectivity index (χ0) is 24.7. The SMILES string of the molecule is C=CCN1C(=O)/C(=C/c2ccc(OC)c(OCCCC)c2)S/C1=N/S(=O)(=O)c1ccc(F)cc1. The van der Waals surface area contributed by atoms with Crippen LogP contribution >= 0.6 is 11.8 Å². The van der Waals surface area contributed by atoms with Crippen LogP contribution in [0.2, 0.25) is 0 Å². The van der Waals surface area contributed by atoms with Gasteiger partial charge in [-0.05, 0) is 66.2 Å². The van der Waals surface area contributed by atoms with Crippen molar-refractivity contribution >= 4 is 38.9 Å². The lowest BCUT2D eigenvalue weighted by atomic mass is 10.2. The average molecular weight is 505 g/mol. The number of ether oxygens (including phenoxy) is 2. The molecular formula is C24H25FN2O5S2. The van der Waals surface area contributed by atoms with Crippen LogP contribution < -0.4 is 9.47 Å². The number of hydrogen-bond acceptors (Lipinski definition) is 6. The van der Waals surface area contributed by atoms with Crippen molar-refractivity contribution in [1.82, 2.24) is 4.90 Å². The fraction of sp³-hybridized carbons (Fsp3) is 0.250. The van der Waals surface area contributed by atoms with Crippen LogP contribution in [-0.4, -0.2) is 44.7 Å². The van der Waals surface area contributed by atoms with Crippen LogP contribution in [0.5, 0.6) is 11.5 Å². The van der Waals surface area contributed by atoms with Crippen LogP contribution in [0.25, 0.3) is 6.08 Å². The molecule has 0 saturated carbocycles. The Morgan fingerprint density at radius 3 is 2.56 bits per heavy atom. The van der Waals surface area contributed by atoms with E-state index in [0.29, 0.717) is 28.6 Å². The predicted molar refractivity (Wildman–Crippen MR) is 132 cm³/mol. The van der Waals surface area contributed by atoms with Crippen LogP contribution in [-0.2, 0) is 14.8 Å². The van der Waals surface area contributed by atoms with E-state index in [1.54, 1.807) is 31.4 Å². The first-order chi connectivity index (χ1) is 16.3. The Morgan fingerprint density at radius 2 is 1.91 bits per heavy atom. The molecule has 0 unspecified atom stereocenters. The summed E-state index contributed by atoms with van der Waals surface area (Å²) in [4.78, 5) is 14.4. The third kappa shape index (κ3) is 6.06. The molecule has 0 bridgehead atoms. The van der Waals surface area contributed by atoms with Crippen LogP contribution in [0.1, 0.15) is 25.3 Å². The molecule has 10 heteroatoms. The third-order valence-electron chi connectivity index (χ3n) is 4.75. The lowest BCUT2D eigenvalue weighted by molar-refractivity contribution is -0.121. The maximum atomic E-state index is 13.2. The van der Waals surface area contributed by atoms with Gasteiger partial charge in [-0.1, -0.05) is 25.5 Å². The van der Waals surface area contributed by atoms with Crippen molar-refractivity contribution < 1.29 is 27.1 Å². The maximum absolute atomic E-state index is 13.2. The Bertz CT molecular complexity index is 1220. The summed E-state index contributed by atoms with van der Waals surface area (Å²) in [5.41, 5.74) is 0.685. The standard InChI is InChI=1S/C24H25FN2O5S2/c1-4-6-14-32-21-15-17(7-12-20(21)31-3)16-22-23(28)27(13-5-2)24(33-22)26-34(29,30)19-10-8-18(25)9-11-19/h5,7-12,15-16H,2,4,6,13-14H2,1,3H3/b22-16-,26-24+. The van der Waals surface area contributed by atoms with Gasteiger partial charge in [0, 0.05) is 6.54 Å². The molecule has 1 fully saturated rings. The molecule has 1 heterocycles. The molecule has 2 aromatic rings. The molecular weight excluding hydrogens is 479 g/mol. The number of halogens is 1. The van der Waals surface area contributed by atoms with E-state index in [0.717, 1.165) is 48.9 Å². The van der Waals surface area contributed by atoms with E-state index < -0.39 is 21.7 Å². The molecule has 1 aliphatic rings. The van der Waals surface area contributed by atoms with E-state index in [-0.39, 0.29) is 16.6 Å². The summed E-state index contributed by atoms with van der Waals surface area (Å²) in [7, 11) is -2.60. The summed E-state index contributed by atoms with van der Waals surface area (Å²) in [5.74, 6) is 0.163. The number of thioether (sulfide) groups is 1. The summed E-state index contributed by atoms with van der Waals surface area (Å²) in [6, 6.07) is 9.61. The van der Waals surface area contributed by atoms with Gasteiger partial charge in [0.25, 0.3) is 15.9 Å². The van der Waals surface area contributed by atoms with Gasteiger partial charge < -0.3 is 9.47 Å². The molecule has 0 aliphatic carbocycles. The van der Waals surface area contributed by atoms with Crippen LogP contribution in [0.15, 0.2) is 69.3 Å². The quantitative estimate of drug-likeness (QED) is 0.261. The lowest BCUT2D eigenvalue weighted by Crippen LogP contribution is -2.29. The number of rotatable bonds is 10. The van der Waals surface area contributed by atoms with Gasteiger partial charge in [0.15, 0.2) is 16.7 Å². The monoisotopic (exact) mass is 504 g/mol. The van der Waals surface area contributed by atoms with Crippen molar-refractivity contribution in [2.45, 2.75) is 24.7 Å². The fourth-order valence-corrected chi connectivity index (χ4v) is 5.19. The average Bonchev–Trinajstić information content (AvgIpc) is 3.08. The van der Waals surface area contributed by atoms with E-state index in [4.69, 9.17) is 9.47 Å². The first-order valence-corrected chi connectivity index (χ1v) is 12.8. The molecule has 1 amide bonds. The molecule has 0 radical (unpaired) electrons. The van der Waals surface area contributed by atoms with Crippen molar-refractivity contribution in [3.8, 4) is 11.5 Å². The van der Waals surface area contributed by atoms with Crippen molar-refractivity contribution in [3.63, 3.8) is 0 Å². The smallest absolute Gasteiger partial charge is 0.284 e. The van der Waals surface area contributed by atoms with E-state index >= 15 is 0 Å². The second-order valence-electron chi connectivity index (χ2n) is 7.23. The van der Waals surface area contributed by atoms with Crippen LogP contribution in [0, 0.1) is 5.82 Å². The number of benzene rings is 2. The van der Waals surface area contributed by atoms with Gasteiger partial charge in [0.2, 0.25) is 0 Å². The normalized spacial score (nSPS) is 16.3. The molecule has 2 aromatic carbocycles. The molecule has 0 N–H and O–H groups in total. The molecule has 0 spiro atoms. The van der Waals surface area contributed by atoms with E-state index in [1.165, 1.54) is 11.0 Å². The van der Waals surface area contributed by atoms with Gasteiger partial charge in [0.05, 0.1) is 23.5 Å². The molecule has 180 valence electrons. The van der Waals surface area contributed by atoms with Crippen molar-refractivity contribution in [2.75, 3.05) is 20.3 Å².